The highest BCUT2D eigenvalue weighted by Gasteiger charge is 2.40. The van der Waals surface area contributed by atoms with E-state index in [4.69, 9.17) is 0 Å². The lowest BCUT2D eigenvalue weighted by molar-refractivity contribution is -0.142. The molecule has 4 nitrogen and oxygen atoms in total. The summed E-state index contributed by atoms with van der Waals surface area (Å²) in [5.41, 5.74) is -1.21. The second-order valence-electron chi connectivity index (χ2n) is 3.87. The van der Waals surface area contributed by atoms with Gasteiger partial charge in [0.15, 0.2) is 11.4 Å². The molecule has 0 spiro atoms. The maximum atomic E-state index is 13.7. The van der Waals surface area contributed by atoms with E-state index in [1.165, 1.54) is 0 Å². The van der Waals surface area contributed by atoms with Crippen molar-refractivity contribution in [2.75, 3.05) is 7.11 Å². The standard InChI is InChI=1S/C11H8F4IN3O/c1-19-4-5(16)3-6(19)9-17-8(12)7(11(13,14)15)10(18-9)20-2/h3-4H,1-2H3. The van der Waals surface area contributed by atoms with Gasteiger partial charge in [-0.25, -0.2) is 0 Å². The topological polar surface area (TPSA) is 39.9 Å². The summed E-state index contributed by atoms with van der Waals surface area (Å²) in [7, 11) is 2.65. The first-order chi connectivity index (χ1) is 9.24. The first-order valence-corrected chi connectivity index (χ1v) is 6.33. The molecule has 0 saturated carbocycles. The number of aromatic nitrogens is 3. The van der Waals surface area contributed by atoms with E-state index >= 15 is 0 Å². The predicted molar refractivity (Wildman–Crippen MR) is 70.7 cm³/mol. The number of hydrogen-bond donors (Lipinski definition) is 0. The zero-order valence-corrected chi connectivity index (χ0v) is 12.5. The van der Waals surface area contributed by atoms with Crippen LogP contribution in [0.3, 0.4) is 0 Å². The maximum absolute atomic E-state index is 13.7. The molecule has 2 heterocycles. The predicted octanol–water partition coefficient (Wildman–Crippen LogP) is 3.25. The van der Waals surface area contributed by atoms with Crippen LogP contribution in [-0.4, -0.2) is 21.6 Å². The Morgan fingerprint density at radius 1 is 1.30 bits per heavy atom. The van der Waals surface area contributed by atoms with E-state index in [0.29, 0.717) is 5.69 Å². The van der Waals surface area contributed by atoms with Crippen LogP contribution in [0.15, 0.2) is 12.3 Å². The third-order valence-electron chi connectivity index (χ3n) is 2.51. The first-order valence-electron chi connectivity index (χ1n) is 5.25. The zero-order valence-electron chi connectivity index (χ0n) is 10.3. The molecule has 0 unspecified atom stereocenters. The lowest BCUT2D eigenvalue weighted by atomic mass is 10.3. The molecule has 2 rings (SSSR count). The Balaban J connectivity index is 2.65. The molecule has 0 N–H and O–H groups in total. The monoisotopic (exact) mass is 401 g/mol. The summed E-state index contributed by atoms with van der Waals surface area (Å²) < 4.78 is 58.7. The smallest absolute Gasteiger partial charge is 0.426 e. The van der Waals surface area contributed by atoms with Crippen molar-refractivity contribution in [1.82, 2.24) is 14.5 Å². The van der Waals surface area contributed by atoms with Crippen LogP contribution in [0, 0.1) is 9.52 Å². The van der Waals surface area contributed by atoms with Crippen LogP contribution in [0.5, 0.6) is 5.88 Å². The van der Waals surface area contributed by atoms with Gasteiger partial charge < -0.3 is 9.30 Å². The van der Waals surface area contributed by atoms with Crippen LogP contribution < -0.4 is 4.74 Å². The van der Waals surface area contributed by atoms with E-state index in [2.05, 4.69) is 14.7 Å². The average Bonchev–Trinajstić information content (AvgIpc) is 2.65. The molecule has 0 aliphatic carbocycles. The number of ether oxygens (including phenoxy) is 1. The summed E-state index contributed by atoms with van der Waals surface area (Å²) in [5, 5.41) is 0. The Morgan fingerprint density at radius 3 is 2.40 bits per heavy atom. The highest BCUT2D eigenvalue weighted by molar-refractivity contribution is 14.1. The van der Waals surface area contributed by atoms with Gasteiger partial charge in [-0.05, 0) is 28.7 Å². The third kappa shape index (κ3) is 2.72. The van der Waals surface area contributed by atoms with E-state index in [9.17, 15) is 17.6 Å². The number of hydrogen-bond acceptors (Lipinski definition) is 3. The summed E-state index contributed by atoms with van der Waals surface area (Å²) in [6.07, 6.45) is -3.21. The SMILES string of the molecule is COc1nc(-c2cc(I)cn2C)nc(F)c1C(F)(F)F. The molecule has 108 valence electrons. The van der Waals surface area contributed by atoms with Gasteiger partial charge in [-0.15, -0.1) is 0 Å². The number of rotatable bonds is 2. The van der Waals surface area contributed by atoms with Gasteiger partial charge in [-0.1, -0.05) is 0 Å². The normalized spacial score (nSPS) is 11.8. The number of methoxy groups -OCH3 is 1. The highest BCUT2D eigenvalue weighted by Crippen LogP contribution is 2.37. The lowest BCUT2D eigenvalue weighted by Gasteiger charge is -2.12. The Kier molecular flexibility index (Phi) is 3.89. The Labute approximate surface area is 124 Å². The Bertz CT molecular complexity index is 654. The Hall–Kier alpha value is -1.39. The van der Waals surface area contributed by atoms with E-state index in [1.54, 1.807) is 23.9 Å². The van der Waals surface area contributed by atoms with Crippen LogP contribution in [0.2, 0.25) is 0 Å². The number of alkyl halides is 3. The maximum Gasteiger partial charge on any atom is 0.426 e. The van der Waals surface area contributed by atoms with Crippen molar-refractivity contribution in [3.05, 3.63) is 27.3 Å². The van der Waals surface area contributed by atoms with Crippen LogP contribution in [-0.2, 0) is 13.2 Å². The summed E-state index contributed by atoms with van der Waals surface area (Å²) in [4.78, 5) is 6.94. The molecule has 0 radical (unpaired) electrons. The van der Waals surface area contributed by atoms with Crippen LogP contribution in [0.25, 0.3) is 11.5 Å². The average molecular weight is 401 g/mol. The van der Waals surface area contributed by atoms with E-state index in [0.717, 1.165) is 10.7 Å². The molecular weight excluding hydrogens is 393 g/mol. The molecule has 0 aromatic carbocycles. The minimum absolute atomic E-state index is 0.169. The fraction of sp³-hybridized carbons (Fsp3) is 0.273. The molecule has 0 atom stereocenters. The summed E-state index contributed by atoms with van der Waals surface area (Å²) >= 11 is 2.02. The van der Waals surface area contributed by atoms with Gasteiger partial charge in [0.05, 0.1) is 12.8 Å². The molecule has 2 aromatic heterocycles. The quantitative estimate of drug-likeness (QED) is 0.441. The highest BCUT2D eigenvalue weighted by atomic mass is 127. The van der Waals surface area contributed by atoms with Crippen molar-refractivity contribution in [3.8, 4) is 17.4 Å². The lowest BCUT2D eigenvalue weighted by Crippen LogP contribution is -2.14. The van der Waals surface area contributed by atoms with Gasteiger partial charge in [0, 0.05) is 16.8 Å². The molecule has 0 aliphatic heterocycles. The van der Waals surface area contributed by atoms with Crippen LogP contribution in [0.4, 0.5) is 17.6 Å². The summed E-state index contributed by atoms with van der Waals surface area (Å²) in [6, 6.07) is 1.63. The number of nitrogens with zero attached hydrogens (tertiary/aromatic N) is 3. The summed E-state index contributed by atoms with van der Waals surface area (Å²) in [6.45, 7) is 0. The second kappa shape index (κ2) is 5.19. The molecule has 0 bridgehead atoms. The van der Waals surface area contributed by atoms with Gasteiger partial charge in [0.25, 0.3) is 0 Å². The molecule has 0 saturated heterocycles. The van der Waals surface area contributed by atoms with E-state index in [-0.39, 0.29) is 5.82 Å². The molecule has 9 heteroatoms. The second-order valence-corrected chi connectivity index (χ2v) is 5.12. The van der Waals surface area contributed by atoms with Gasteiger partial charge >= 0.3 is 6.18 Å². The van der Waals surface area contributed by atoms with Crippen molar-refractivity contribution in [1.29, 1.82) is 0 Å². The van der Waals surface area contributed by atoms with Crippen molar-refractivity contribution < 1.29 is 22.3 Å². The van der Waals surface area contributed by atoms with Crippen molar-refractivity contribution in [3.63, 3.8) is 0 Å². The number of halogens is 5. The van der Waals surface area contributed by atoms with Gasteiger partial charge in [-0.2, -0.15) is 27.5 Å². The number of aryl methyl sites for hydroxylation is 1. The molecule has 0 aliphatic rings. The Morgan fingerprint density at radius 2 is 1.95 bits per heavy atom. The van der Waals surface area contributed by atoms with Crippen molar-refractivity contribution in [2.45, 2.75) is 6.18 Å². The fourth-order valence-electron chi connectivity index (χ4n) is 1.66. The minimum atomic E-state index is -4.92. The van der Waals surface area contributed by atoms with Gasteiger partial charge in [-0.3, -0.25) is 0 Å². The van der Waals surface area contributed by atoms with E-state index in [1.807, 2.05) is 22.6 Å². The fourth-order valence-corrected chi connectivity index (χ4v) is 2.37. The van der Waals surface area contributed by atoms with Gasteiger partial charge in [0.1, 0.15) is 0 Å². The molecular formula is C11H8F4IN3O. The summed E-state index contributed by atoms with van der Waals surface area (Å²) in [5.74, 6) is -2.66. The molecule has 2 aromatic rings. The molecule has 0 fully saturated rings. The van der Waals surface area contributed by atoms with Gasteiger partial charge in [0.2, 0.25) is 11.8 Å². The first kappa shape index (κ1) is 15.0. The third-order valence-corrected chi connectivity index (χ3v) is 3.10. The van der Waals surface area contributed by atoms with Crippen LogP contribution >= 0.6 is 22.6 Å². The van der Waals surface area contributed by atoms with Crippen molar-refractivity contribution >= 4 is 22.6 Å². The zero-order chi connectivity index (χ0) is 15.1. The van der Waals surface area contributed by atoms with Crippen LogP contribution in [0.1, 0.15) is 5.56 Å². The molecule has 0 amide bonds. The minimum Gasteiger partial charge on any atom is -0.480 e. The molecule has 20 heavy (non-hydrogen) atoms. The van der Waals surface area contributed by atoms with E-state index < -0.39 is 23.6 Å². The largest absolute Gasteiger partial charge is 0.480 e. The van der Waals surface area contributed by atoms with Crippen molar-refractivity contribution in [2.24, 2.45) is 7.05 Å².